The van der Waals surface area contributed by atoms with E-state index in [4.69, 9.17) is 0 Å². The number of carbonyl (C=O) groups is 1. The summed E-state index contributed by atoms with van der Waals surface area (Å²) in [5, 5.41) is 9.23. The minimum absolute atomic E-state index is 0.528. The molecule has 0 amide bonds. The second-order valence-corrected chi connectivity index (χ2v) is 3.28. The van der Waals surface area contributed by atoms with E-state index in [0.29, 0.717) is 11.1 Å². The monoisotopic (exact) mass is 218 g/mol. The zero-order valence-electron chi connectivity index (χ0n) is 8.14. The molecule has 0 fully saturated rings. The lowest BCUT2D eigenvalue weighted by Gasteiger charge is -2.09. The highest BCUT2D eigenvalue weighted by Crippen LogP contribution is 2.28. The van der Waals surface area contributed by atoms with Gasteiger partial charge in [0.1, 0.15) is 5.75 Å². The maximum Gasteiger partial charge on any atom is 0.455 e. The van der Waals surface area contributed by atoms with E-state index in [-0.39, 0.29) is 0 Å². The molecule has 0 heterocycles. The fourth-order valence-corrected chi connectivity index (χ4v) is 1.14. The molecule has 82 valence electrons. The number of ketones is 1. The van der Waals surface area contributed by atoms with E-state index in [1.807, 2.05) is 0 Å². The Morgan fingerprint density at radius 1 is 1.20 bits per heavy atom. The molecule has 0 atom stereocenters. The van der Waals surface area contributed by atoms with Gasteiger partial charge in [0.15, 0.2) is 0 Å². The lowest BCUT2D eigenvalue weighted by atomic mass is 10.0. The highest BCUT2D eigenvalue weighted by atomic mass is 19.4. The zero-order valence-corrected chi connectivity index (χ0v) is 8.14. The highest BCUT2D eigenvalue weighted by molar-refractivity contribution is 6.02. The summed E-state index contributed by atoms with van der Waals surface area (Å²) in [5.74, 6) is -2.66. The number of phenolic OH excluding ortho intramolecular Hbond substituents is 1. The summed E-state index contributed by atoms with van der Waals surface area (Å²) in [6.07, 6.45) is -4.96. The Labute approximate surface area is 84.3 Å². The van der Waals surface area contributed by atoms with Crippen molar-refractivity contribution in [1.82, 2.24) is 0 Å². The number of carbonyl (C=O) groups excluding carboxylic acids is 1. The predicted octanol–water partition coefficient (Wildman–Crippen LogP) is 2.75. The number of aryl methyl sites for hydroxylation is 2. The van der Waals surface area contributed by atoms with Crippen LogP contribution in [0.5, 0.6) is 5.75 Å². The molecule has 0 bridgehead atoms. The second kappa shape index (κ2) is 3.56. The smallest absolute Gasteiger partial charge is 0.455 e. The Morgan fingerprint density at radius 3 is 2.13 bits per heavy atom. The van der Waals surface area contributed by atoms with Gasteiger partial charge in [0.25, 0.3) is 5.78 Å². The van der Waals surface area contributed by atoms with Crippen molar-refractivity contribution < 1.29 is 23.1 Å². The average molecular weight is 218 g/mol. The number of halogens is 3. The first-order valence-electron chi connectivity index (χ1n) is 4.15. The van der Waals surface area contributed by atoms with Gasteiger partial charge in [-0.15, -0.1) is 0 Å². The average Bonchev–Trinajstić information content (AvgIpc) is 2.08. The van der Waals surface area contributed by atoms with Crippen LogP contribution in [0.15, 0.2) is 12.1 Å². The molecule has 0 aliphatic heterocycles. The highest BCUT2D eigenvalue weighted by Gasteiger charge is 2.40. The summed E-state index contributed by atoms with van der Waals surface area (Å²) in [7, 11) is 0. The minimum atomic E-state index is -4.96. The lowest BCUT2D eigenvalue weighted by Crippen LogP contribution is -2.23. The number of Topliss-reactive ketones (excluding diaryl/α,β-unsaturated/α-hetero) is 1. The van der Waals surface area contributed by atoms with Gasteiger partial charge < -0.3 is 5.11 Å². The summed E-state index contributed by atoms with van der Waals surface area (Å²) in [6, 6.07) is 2.19. The van der Waals surface area contributed by atoms with Crippen LogP contribution in [0, 0.1) is 13.8 Å². The first kappa shape index (κ1) is 11.6. The predicted molar refractivity (Wildman–Crippen MR) is 48.0 cm³/mol. The van der Waals surface area contributed by atoms with Gasteiger partial charge in [-0.2, -0.15) is 13.2 Å². The van der Waals surface area contributed by atoms with E-state index in [1.165, 1.54) is 0 Å². The molecule has 15 heavy (non-hydrogen) atoms. The van der Waals surface area contributed by atoms with Crippen LogP contribution in [0.2, 0.25) is 0 Å². The summed E-state index contributed by atoms with van der Waals surface area (Å²) in [5.41, 5.74) is 0.456. The zero-order chi connectivity index (χ0) is 11.8. The summed E-state index contributed by atoms with van der Waals surface area (Å²) in [4.78, 5) is 10.9. The van der Waals surface area contributed by atoms with Crippen molar-refractivity contribution in [3.05, 3.63) is 28.8 Å². The molecule has 0 aliphatic rings. The Bertz CT molecular complexity index is 408. The molecule has 0 unspecified atom stereocenters. The van der Waals surface area contributed by atoms with E-state index in [0.717, 1.165) is 12.1 Å². The number of hydrogen-bond acceptors (Lipinski definition) is 2. The Balaban J connectivity index is 3.28. The van der Waals surface area contributed by atoms with Gasteiger partial charge in [0.05, 0.1) is 5.56 Å². The molecule has 0 aliphatic carbocycles. The van der Waals surface area contributed by atoms with Gasteiger partial charge in [-0.05, 0) is 37.1 Å². The van der Waals surface area contributed by atoms with Crippen molar-refractivity contribution in [3.63, 3.8) is 0 Å². The van der Waals surface area contributed by atoms with E-state index in [9.17, 15) is 23.1 Å². The van der Waals surface area contributed by atoms with Gasteiger partial charge in [-0.1, -0.05) is 0 Å². The van der Waals surface area contributed by atoms with Crippen molar-refractivity contribution in [2.24, 2.45) is 0 Å². The number of benzene rings is 1. The van der Waals surface area contributed by atoms with Crippen LogP contribution in [0.4, 0.5) is 13.2 Å². The fourth-order valence-electron chi connectivity index (χ4n) is 1.14. The molecule has 1 aromatic rings. The third kappa shape index (κ3) is 2.29. The molecule has 1 rings (SSSR count). The van der Waals surface area contributed by atoms with E-state index in [1.54, 1.807) is 13.8 Å². The standard InChI is InChI=1S/C10H9F3O2/c1-5-3-7(8(14)4-6(5)2)9(15)10(11,12)13/h3-4,14H,1-2H3. The van der Waals surface area contributed by atoms with Crippen LogP contribution < -0.4 is 0 Å². The maximum absolute atomic E-state index is 12.1. The quantitative estimate of drug-likeness (QED) is 0.736. The van der Waals surface area contributed by atoms with Crippen molar-refractivity contribution in [3.8, 4) is 5.75 Å². The van der Waals surface area contributed by atoms with Crippen LogP contribution in [-0.4, -0.2) is 17.1 Å². The fraction of sp³-hybridized carbons (Fsp3) is 0.300. The van der Waals surface area contributed by atoms with Crippen LogP contribution >= 0.6 is 0 Å². The van der Waals surface area contributed by atoms with Gasteiger partial charge in [0, 0.05) is 0 Å². The molecular weight excluding hydrogens is 209 g/mol. The lowest BCUT2D eigenvalue weighted by molar-refractivity contribution is -0.0886. The van der Waals surface area contributed by atoms with Crippen LogP contribution in [-0.2, 0) is 0 Å². The molecule has 0 radical (unpaired) electrons. The summed E-state index contributed by atoms with van der Waals surface area (Å²) < 4.78 is 36.3. The minimum Gasteiger partial charge on any atom is -0.507 e. The number of rotatable bonds is 1. The Kier molecular flexibility index (Phi) is 2.75. The molecule has 0 saturated carbocycles. The van der Waals surface area contributed by atoms with Crippen LogP contribution in [0.25, 0.3) is 0 Å². The molecule has 0 aromatic heterocycles. The van der Waals surface area contributed by atoms with Crippen molar-refractivity contribution in [1.29, 1.82) is 0 Å². The van der Waals surface area contributed by atoms with Crippen LogP contribution in [0.3, 0.4) is 0 Å². The van der Waals surface area contributed by atoms with E-state index >= 15 is 0 Å². The van der Waals surface area contributed by atoms with Gasteiger partial charge in [-0.25, -0.2) is 0 Å². The molecular formula is C10H9F3O2. The molecule has 0 spiro atoms. The van der Waals surface area contributed by atoms with Crippen molar-refractivity contribution in [2.45, 2.75) is 20.0 Å². The summed E-state index contributed by atoms with van der Waals surface area (Å²) >= 11 is 0. The molecule has 5 heteroatoms. The SMILES string of the molecule is Cc1cc(O)c(C(=O)C(F)(F)F)cc1C. The number of alkyl halides is 3. The second-order valence-electron chi connectivity index (χ2n) is 3.28. The third-order valence-corrected chi connectivity index (χ3v) is 2.11. The van der Waals surface area contributed by atoms with Crippen molar-refractivity contribution >= 4 is 5.78 Å². The van der Waals surface area contributed by atoms with Gasteiger partial charge in [0.2, 0.25) is 0 Å². The van der Waals surface area contributed by atoms with E-state index in [2.05, 4.69) is 0 Å². The largest absolute Gasteiger partial charge is 0.507 e. The maximum atomic E-state index is 12.1. The molecule has 1 N–H and O–H groups in total. The Hall–Kier alpha value is -1.52. The molecule has 1 aromatic carbocycles. The first-order chi connectivity index (χ1) is 6.73. The number of aromatic hydroxyl groups is 1. The van der Waals surface area contributed by atoms with Gasteiger partial charge in [-0.3, -0.25) is 4.79 Å². The molecule has 2 nitrogen and oxygen atoms in total. The first-order valence-corrected chi connectivity index (χ1v) is 4.15. The van der Waals surface area contributed by atoms with Crippen molar-refractivity contribution in [2.75, 3.05) is 0 Å². The molecule has 0 saturated heterocycles. The normalized spacial score (nSPS) is 11.5. The Morgan fingerprint density at radius 2 is 1.67 bits per heavy atom. The summed E-state index contributed by atoms with van der Waals surface area (Å²) in [6.45, 7) is 3.21. The third-order valence-electron chi connectivity index (χ3n) is 2.11. The van der Waals surface area contributed by atoms with Gasteiger partial charge >= 0.3 is 6.18 Å². The topological polar surface area (TPSA) is 37.3 Å². The number of hydrogen-bond donors (Lipinski definition) is 1. The van der Waals surface area contributed by atoms with Crippen LogP contribution in [0.1, 0.15) is 21.5 Å². The number of phenols is 1. The van der Waals surface area contributed by atoms with E-state index < -0.39 is 23.3 Å².